The molecule has 0 aliphatic carbocycles. The molecule has 0 saturated heterocycles. The molecule has 6 nitrogen and oxygen atoms in total. The van der Waals surface area contributed by atoms with Crippen molar-refractivity contribution >= 4 is 11.9 Å². The van der Waals surface area contributed by atoms with Crippen LogP contribution in [0, 0.1) is 0 Å². The number of amides is 1. The minimum absolute atomic E-state index is 0.0124. The third kappa shape index (κ3) is 69.7. The van der Waals surface area contributed by atoms with Crippen LogP contribution < -0.4 is 5.32 Å². The average molecular weight is 1190 g/mol. The average Bonchev–Trinajstić information content (AvgIpc) is 3.51. The summed E-state index contributed by atoms with van der Waals surface area (Å²) in [5.74, 6) is -0.0117. The highest BCUT2D eigenvalue weighted by atomic mass is 16.5. The molecule has 0 aliphatic heterocycles. The first kappa shape index (κ1) is 82.6. The van der Waals surface area contributed by atoms with Crippen LogP contribution >= 0.6 is 0 Å². The molecule has 0 radical (unpaired) electrons. The summed E-state index contributed by atoms with van der Waals surface area (Å²) >= 11 is 0. The lowest BCUT2D eigenvalue weighted by Gasteiger charge is -2.22. The molecule has 0 aromatic heterocycles. The summed E-state index contributed by atoms with van der Waals surface area (Å²) in [4.78, 5) is 24.6. The van der Waals surface area contributed by atoms with Crippen LogP contribution in [0.25, 0.3) is 0 Å². The molecule has 0 bridgehead atoms. The van der Waals surface area contributed by atoms with Gasteiger partial charge in [0.1, 0.15) is 0 Å². The standard InChI is InChI=1S/C78H153NO5/c1-3-5-7-9-11-13-15-16-17-18-19-35-38-41-44-47-51-54-58-62-66-70-76(81)75(74-80)79-77(82)71-67-63-59-55-52-48-45-42-39-36-33-31-29-27-25-23-21-20-22-24-26-28-30-32-34-37-40-43-46-49-53-57-61-65-69-73-84-78(83)72-68-64-60-56-50-14-12-10-8-6-4-2/h10,12,75-76,80-81H,3-9,11,13-74H2,1-2H3,(H,79,82)/b12-10-. The van der Waals surface area contributed by atoms with E-state index in [9.17, 15) is 19.8 Å². The number of hydrogen-bond acceptors (Lipinski definition) is 5. The highest BCUT2D eigenvalue weighted by Crippen LogP contribution is 2.20. The first-order chi connectivity index (χ1) is 41.5. The Labute approximate surface area is 527 Å². The lowest BCUT2D eigenvalue weighted by molar-refractivity contribution is -0.143. The Morgan fingerprint density at radius 2 is 0.571 bits per heavy atom. The minimum atomic E-state index is -0.661. The molecular weight excluding hydrogens is 1030 g/mol. The number of rotatable bonds is 74. The minimum Gasteiger partial charge on any atom is -0.466 e. The van der Waals surface area contributed by atoms with Crippen LogP contribution in [0.3, 0.4) is 0 Å². The summed E-state index contributed by atoms with van der Waals surface area (Å²) in [6, 6.07) is -0.538. The van der Waals surface area contributed by atoms with Crippen LogP contribution in [-0.2, 0) is 14.3 Å². The van der Waals surface area contributed by atoms with Crippen molar-refractivity contribution in [2.24, 2.45) is 0 Å². The van der Waals surface area contributed by atoms with E-state index >= 15 is 0 Å². The zero-order valence-electron chi connectivity index (χ0n) is 57.4. The van der Waals surface area contributed by atoms with Gasteiger partial charge in [-0.1, -0.05) is 405 Å². The second-order valence-electron chi connectivity index (χ2n) is 27.0. The summed E-state index contributed by atoms with van der Waals surface area (Å²) in [6.07, 6.45) is 93.1. The largest absolute Gasteiger partial charge is 0.466 e. The fraction of sp³-hybridized carbons (Fsp3) is 0.949. The maximum Gasteiger partial charge on any atom is 0.305 e. The molecule has 2 atom stereocenters. The number of ether oxygens (including phenoxy) is 1. The topological polar surface area (TPSA) is 95.9 Å². The normalized spacial score (nSPS) is 12.5. The lowest BCUT2D eigenvalue weighted by Crippen LogP contribution is -2.45. The van der Waals surface area contributed by atoms with E-state index in [0.29, 0.717) is 25.9 Å². The van der Waals surface area contributed by atoms with E-state index < -0.39 is 12.1 Å². The number of aliphatic hydroxyl groups is 2. The maximum absolute atomic E-state index is 12.6. The van der Waals surface area contributed by atoms with Crippen LogP contribution in [0.5, 0.6) is 0 Å². The summed E-state index contributed by atoms with van der Waals surface area (Å²) in [7, 11) is 0. The molecule has 0 spiro atoms. The molecule has 0 rings (SSSR count). The van der Waals surface area contributed by atoms with Crippen molar-refractivity contribution < 1.29 is 24.5 Å². The van der Waals surface area contributed by atoms with Gasteiger partial charge in [-0.05, 0) is 44.9 Å². The molecule has 84 heavy (non-hydrogen) atoms. The Morgan fingerprint density at radius 1 is 0.321 bits per heavy atom. The van der Waals surface area contributed by atoms with Crippen LogP contribution in [-0.4, -0.2) is 47.4 Å². The van der Waals surface area contributed by atoms with Crippen LogP contribution in [0.2, 0.25) is 0 Å². The molecule has 1 amide bonds. The Hall–Kier alpha value is -1.40. The molecule has 0 aromatic rings. The Balaban J connectivity index is 3.31. The predicted molar refractivity (Wildman–Crippen MR) is 370 cm³/mol. The number of unbranched alkanes of at least 4 members (excludes halogenated alkanes) is 61. The fourth-order valence-corrected chi connectivity index (χ4v) is 12.6. The quantitative estimate of drug-likeness (QED) is 0.0320. The van der Waals surface area contributed by atoms with Gasteiger partial charge < -0.3 is 20.3 Å². The first-order valence-electron chi connectivity index (χ1n) is 38.9. The van der Waals surface area contributed by atoms with Crippen LogP contribution in [0.15, 0.2) is 12.2 Å². The number of aliphatic hydroxyl groups excluding tert-OH is 2. The van der Waals surface area contributed by atoms with Gasteiger partial charge in [0, 0.05) is 12.8 Å². The number of nitrogens with one attached hydrogen (secondary N) is 1. The van der Waals surface area contributed by atoms with E-state index in [1.54, 1.807) is 0 Å². The second kappa shape index (κ2) is 74.1. The SMILES string of the molecule is CCCC/C=C\CCCCCCCC(=O)OCCCCCCCCCCCCCCCCCCCCCCCCCCCCCCCCCCCCCC(=O)NC(CO)C(O)CCCCCCCCCCCCCCCCCCCCCCC. The van der Waals surface area contributed by atoms with Gasteiger partial charge in [0.15, 0.2) is 0 Å². The summed E-state index contributed by atoms with van der Waals surface area (Å²) in [5, 5.41) is 23.5. The monoisotopic (exact) mass is 1180 g/mol. The van der Waals surface area contributed by atoms with E-state index in [1.165, 1.54) is 372 Å². The number of allylic oxidation sites excluding steroid dienone is 2. The van der Waals surface area contributed by atoms with Crippen molar-refractivity contribution in [3.63, 3.8) is 0 Å². The molecule has 0 fully saturated rings. The number of carbonyl (C=O) groups excluding carboxylic acids is 2. The Morgan fingerprint density at radius 3 is 0.881 bits per heavy atom. The van der Waals surface area contributed by atoms with E-state index in [2.05, 4.69) is 31.3 Å². The molecule has 0 saturated carbocycles. The molecule has 500 valence electrons. The van der Waals surface area contributed by atoms with Crippen molar-refractivity contribution in [2.75, 3.05) is 13.2 Å². The molecule has 0 heterocycles. The van der Waals surface area contributed by atoms with Crippen molar-refractivity contribution in [1.82, 2.24) is 5.32 Å². The Bertz CT molecular complexity index is 1270. The van der Waals surface area contributed by atoms with Gasteiger partial charge in [-0.15, -0.1) is 0 Å². The first-order valence-corrected chi connectivity index (χ1v) is 38.9. The van der Waals surface area contributed by atoms with E-state index in [0.717, 1.165) is 44.9 Å². The smallest absolute Gasteiger partial charge is 0.305 e. The highest BCUT2D eigenvalue weighted by Gasteiger charge is 2.20. The van der Waals surface area contributed by atoms with Gasteiger partial charge in [0.05, 0.1) is 25.4 Å². The maximum atomic E-state index is 12.6. The van der Waals surface area contributed by atoms with Gasteiger partial charge in [-0.3, -0.25) is 9.59 Å². The van der Waals surface area contributed by atoms with E-state index in [1.807, 2.05) is 0 Å². The summed E-state index contributed by atoms with van der Waals surface area (Å²) in [6.45, 7) is 4.97. The zero-order chi connectivity index (χ0) is 60.6. The van der Waals surface area contributed by atoms with Crippen molar-refractivity contribution in [1.29, 1.82) is 0 Å². The third-order valence-corrected chi connectivity index (χ3v) is 18.6. The van der Waals surface area contributed by atoms with Crippen molar-refractivity contribution in [3.05, 3.63) is 12.2 Å². The van der Waals surface area contributed by atoms with E-state index in [-0.39, 0.29) is 18.5 Å². The number of hydrogen-bond donors (Lipinski definition) is 3. The van der Waals surface area contributed by atoms with Crippen LogP contribution in [0.4, 0.5) is 0 Å². The van der Waals surface area contributed by atoms with Gasteiger partial charge in [0.2, 0.25) is 5.91 Å². The van der Waals surface area contributed by atoms with Crippen molar-refractivity contribution in [2.45, 2.75) is 463 Å². The summed E-state index contributed by atoms with van der Waals surface area (Å²) in [5.41, 5.74) is 0. The number of esters is 1. The van der Waals surface area contributed by atoms with Gasteiger partial charge >= 0.3 is 5.97 Å². The zero-order valence-corrected chi connectivity index (χ0v) is 57.4. The Kier molecular flexibility index (Phi) is 72.8. The lowest BCUT2D eigenvalue weighted by atomic mass is 10.0. The number of carbonyl (C=O) groups is 2. The molecule has 3 N–H and O–H groups in total. The van der Waals surface area contributed by atoms with Gasteiger partial charge in [0.25, 0.3) is 0 Å². The molecule has 2 unspecified atom stereocenters. The highest BCUT2D eigenvalue weighted by molar-refractivity contribution is 5.76. The molecular formula is C78H153NO5. The second-order valence-corrected chi connectivity index (χ2v) is 27.0. The summed E-state index contributed by atoms with van der Waals surface area (Å²) < 4.78 is 5.47. The van der Waals surface area contributed by atoms with Gasteiger partial charge in [-0.25, -0.2) is 0 Å². The fourth-order valence-electron chi connectivity index (χ4n) is 12.6. The third-order valence-electron chi connectivity index (χ3n) is 18.6. The van der Waals surface area contributed by atoms with Gasteiger partial charge in [-0.2, -0.15) is 0 Å². The molecule has 6 heteroatoms. The molecule has 0 aliphatic rings. The van der Waals surface area contributed by atoms with E-state index in [4.69, 9.17) is 4.74 Å². The predicted octanol–water partition coefficient (Wildman–Crippen LogP) is 25.5. The van der Waals surface area contributed by atoms with Crippen molar-refractivity contribution in [3.8, 4) is 0 Å². The van der Waals surface area contributed by atoms with Crippen LogP contribution in [0.1, 0.15) is 450 Å². The molecule has 0 aromatic carbocycles.